The lowest BCUT2D eigenvalue weighted by molar-refractivity contribution is -0.122. The lowest BCUT2D eigenvalue weighted by atomic mass is 9.93. The first kappa shape index (κ1) is 20.9. The fourth-order valence-electron chi connectivity index (χ4n) is 3.75. The van der Waals surface area contributed by atoms with E-state index in [0.29, 0.717) is 32.0 Å². The molecule has 1 aliphatic rings. The quantitative estimate of drug-likeness (QED) is 0.759. The molecular weight excluding hydrogens is 362 g/mol. The van der Waals surface area contributed by atoms with Crippen molar-refractivity contribution < 1.29 is 9.59 Å². The molecule has 0 atom stereocenters. The Balaban J connectivity index is 1.41. The van der Waals surface area contributed by atoms with Crippen LogP contribution in [0.4, 0.5) is 10.5 Å². The molecule has 2 aromatic rings. The molecule has 0 saturated carbocycles. The lowest BCUT2D eigenvalue weighted by Gasteiger charge is -2.31. The fraction of sp³-hybridized carbons (Fsp3) is 0.417. The zero-order valence-electron chi connectivity index (χ0n) is 17.4. The highest BCUT2D eigenvalue weighted by Gasteiger charge is 2.24. The molecule has 1 saturated heterocycles. The number of nitrogens with zero attached hydrogens (tertiary/aromatic N) is 1. The maximum atomic E-state index is 12.5. The third-order valence-corrected chi connectivity index (χ3v) is 5.70. The molecule has 1 fully saturated rings. The van der Waals surface area contributed by atoms with Gasteiger partial charge in [-0.1, -0.05) is 43.3 Å². The fourth-order valence-corrected chi connectivity index (χ4v) is 3.75. The first-order chi connectivity index (χ1) is 14.0. The van der Waals surface area contributed by atoms with Gasteiger partial charge in [0.15, 0.2) is 0 Å². The van der Waals surface area contributed by atoms with Crippen LogP contribution in [0.2, 0.25) is 0 Å². The number of urea groups is 1. The van der Waals surface area contributed by atoms with Crippen molar-refractivity contribution in [2.75, 3.05) is 18.4 Å². The Morgan fingerprint density at radius 1 is 1.07 bits per heavy atom. The molecule has 2 N–H and O–H groups in total. The van der Waals surface area contributed by atoms with Gasteiger partial charge in [0.1, 0.15) is 0 Å². The van der Waals surface area contributed by atoms with E-state index in [1.807, 2.05) is 41.3 Å². The highest BCUT2D eigenvalue weighted by atomic mass is 16.2. The molecule has 154 valence electrons. The molecule has 0 aliphatic carbocycles. The number of hydrogen-bond acceptors (Lipinski definition) is 2. The monoisotopic (exact) mass is 393 g/mol. The first-order valence-corrected chi connectivity index (χ1v) is 10.5. The number of hydrogen-bond donors (Lipinski definition) is 2. The molecule has 1 heterocycles. The summed E-state index contributed by atoms with van der Waals surface area (Å²) in [5, 5.41) is 6.03. The molecule has 0 radical (unpaired) electrons. The predicted octanol–water partition coefficient (Wildman–Crippen LogP) is 4.51. The van der Waals surface area contributed by atoms with Crippen LogP contribution in [0.1, 0.15) is 42.9 Å². The maximum Gasteiger partial charge on any atom is 0.321 e. The van der Waals surface area contributed by atoms with Crippen molar-refractivity contribution in [2.24, 2.45) is 5.92 Å². The molecular formula is C24H31N3O2. The second-order valence-corrected chi connectivity index (χ2v) is 7.82. The van der Waals surface area contributed by atoms with E-state index in [0.717, 1.165) is 30.5 Å². The number of benzene rings is 2. The van der Waals surface area contributed by atoms with E-state index in [2.05, 4.69) is 36.6 Å². The number of rotatable bonds is 6. The smallest absolute Gasteiger partial charge is 0.321 e. The summed E-state index contributed by atoms with van der Waals surface area (Å²) in [6.07, 6.45) is 3.20. The summed E-state index contributed by atoms with van der Waals surface area (Å²) in [6.45, 7) is 6.11. The predicted molar refractivity (Wildman–Crippen MR) is 117 cm³/mol. The van der Waals surface area contributed by atoms with Crippen molar-refractivity contribution in [2.45, 2.75) is 46.1 Å². The van der Waals surface area contributed by atoms with E-state index in [-0.39, 0.29) is 11.9 Å². The number of piperidine rings is 1. The highest BCUT2D eigenvalue weighted by molar-refractivity contribution is 5.89. The average molecular weight is 394 g/mol. The Hall–Kier alpha value is -2.82. The summed E-state index contributed by atoms with van der Waals surface area (Å²) >= 11 is 0. The van der Waals surface area contributed by atoms with E-state index in [1.165, 1.54) is 11.1 Å². The molecule has 0 aromatic heterocycles. The van der Waals surface area contributed by atoms with Crippen LogP contribution in [0.5, 0.6) is 0 Å². The van der Waals surface area contributed by atoms with Crippen LogP contribution in [0, 0.1) is 12.8 Å². The van der Waals surface area contributed by atoms with Crippen LogP contribution in [-0.2, 0) is 17.8 Å². The van der Waals surface area contributed by atoms with Gasteiger partial charge in [-0.15, -0.1) is 0 Å². The van der Waals surface area contributed by atoms with Gasteiger partial charge in [0.25, 0.3) is 0 Å². The standard InChI is InChI=1S/C24H31N3O2/c1-3-19-8-6-10-22(15-19)26-24(29)27-13-11-20(12-14-27)16-23(28)25-17-21-9-5-4-7-18(21)2/h4-10,15,20H,3,11-14,16-17H2,1-2H3,(H,25,28)(H,26,29). The van der Waals surface area contributed by atoms with Crippen molar-refractivity contribution in [3.63, 3.8) is 0 Å². The van der Waals surface area contributed by atoms with Gasteiger partial charge >= 0.3 is 6.03 Å². The van der Waals surface area contributed by atoms with E-state index in [4.69, 9.17) is 0 Å². The van der Waals surface area contributed by atoms with Crippen LogP contribution in [0.15, 0.2) is 48.5 Å². The van der Waals surface area contributed by atoms with Crippen molar-refractivity contribution >= 4 is 17.6 Å². The average Bonchev–Trinajstić information content (AvgIpc) is 2.74. The number of carbonyl (C=O) groups excluding carboxylic acids is 2. The zero-order chi connectivity index (χ0) is 20.6. The highest BCUT2D eigenvalue weighted by Crippen LogP contribution is 2.21. The van der Waals surface area contributed by atoms with E-state index in [1.54, 1.807) is 0 Å². The van der Waals surface area contributed by atoms with Crippen molar-refractivity contribution in [3.05, 3.63) is 65.2 Å². The molecule has 5 heteroatoms. The molecule has 3 amide bonds. The topological polar surface area (TPSA) is 61.4 Å². The molecule has 3 rings (SSSR count). The van der Waals surface area contributed by atoms with Gasteiger partial charge in [-0.3, -0.25) is 4.79 Å². The number of nitrogens with one attached hydrogen (secondary N) is 2. The van der Waals surface area contributed by atoms with Crippen LogP contribution in [-0.4, -0.2) is 29.9 Å². The first-order valence-electron chi connectivity index (χ1n) is 10.5. The number of carbonyl (C=O) groups is 2. The van der Waals surface area contributed by atoms with Crippen LogP contribution in [0.25, 0.3) is 0 Å². The van der Waals surface area contributed by atoms with E-state index in [9.17, 15) is 9.59 Å². The van der Waals surface area contributed by atoms with Gasteiger partial charge in [0.2, 0.25) is 5.91 Å². The molecule has 0 bridgehead atoms. The molecule has 1 aliphatic heterocycles. The van der Waals surface area contributed by atoms with E-state index >= 15 is 0 Å². The second-order valence-electron chi connectivity index (χ2n) is 7.82. The Morgan fingerprint density at radius 3 is 2.55 bits per heavy atom. The van der Waals surface area contributed by atoms with Crippen molar-refractivity contribution in [1.29, 1.82) is 0 Å². The van der Waals surface area contributed by atoms with E-state index < -0.39 is 0 Å². The molecule has 5 nitrogen and oxygen atoms in total. The normalized spacial score (nSPS) is 14.5. The Kier molecular flexibility index (Phi) is 7.28. The summed E-state index contributed by atoms with van der Waals surface area (Å²) in [4.78, 5) is 26.7. The van der Waals surface area contributed by atoms with Crippen molar-refractivity contribution in [3.8, 4) is 0 Å². The van der Waals surface area contributed by atoms with Gasteiger partial charge in [-0.05, 0) is 60.9 Å². The summed E-state index contributed by atoms with van der Waals surface area (Å²) in [5.41, 5.74) is 4.39. The van der Waals surface area contributed by atoms with Crippen LogP contribution in [0.3, 0.4) is 0 Å². The number of anilines is 1. The van der Waals surface area contributed by atoms with Crippen LogP contribution >= 0.6 is 0 Å². The minimum absolute atomic E-state index is 0.0549. The summed E-state index contributed by atoms with van der Waals surface area (Å²) in [6, 6.07) is 16.0. The summed E-state index contributed by atoms with van der Waals surface area (Å²) in [7, 11) is 0. The Morgan fingerprint density at radius 2 is 1.83 bits per heavy atom. The van der Waals surface area contributed by atoms with Gasteiger partial charge in [0.05, 0.1) is 0 Å². The Bertz CT molecular complexity index is 842. The Labute approximate surface area is 173 Å². The van der Waals surface area contributed by atoms with Gasteiger partial charge in [0, 0.05) is 31.7 Å². The third-order valence-electron chi connectivity index (χ3n) is 5.70. The minimum Gasteiger partial charge on any atom is -0.352 e. The zero-order valence-corrected chi connectivity index (χ0v) is 17.4. The maximum absolute atomic E-state index is 12.5. The van der Waals surface area contributed by atoms with Crippen LogP contribution < -0.4 is 10.6 Å². The number of aryl methyl sites for hydroxylation is 2. The minimum atomic E-state index is -0.0549. The molecule has 2 aromatic carbocycles. The van der Waals surface area contributed by atoms with Gasteiger partial charge < -0.3 is 15.5 Å². The third kappa shape index (κ3) is 6.08. The summed E-state index contributed by atoms with van der Waals surface area (Å²) < 4.78 is 0. The largest absolute Gasteiger partial charge is 0.352 e. The number of amides is 3. The lowest BCUT2D eigenvalue weighted by Crippen LogP contribution is -2.41. The summed E-state index contributed by atoms with van der Waals surface area (Å²) in [5.74, 6) is 0.423. The second kappa shape index (κ2) is 10.1. The molecule has 29 heavy (non-hydrogen) atoms. The van der Waals surface area contributed by atoms with Gasteiger partial charge in [-0.2, -0.15) is 0 Å². The van der Waals surface area contributed by atoms with Crippen molar-refractivity contribution in [1.82, 2.24) is 10.2 Å². The molecule has 0 spiro atoms. The number of likely N-dealkylation sites (tertiary alicyclic amines) is 1. The van der Waals surface area contributed by atoms with Gasteiger partial charge in [-0.25, -0.2) is 4.79 Å². The SMILES string of the molecule is CCc1cccc(NC(=O)N2CCC(CC(=O)NCc3ccccc3C)CC2)c1. The molecule has 0 unspecified atom stereocenters.